The largest absolute Gasteiger partial charge is 0.369 e. The molecule has 124 valence electrons. The van der Waals surface area contributed by atoms with E-state index in [0.29, 0.717) is 16.6 Å². The van der Waals surface area contributed by atoms with Crippen LogP contribution in [0.3, 0.4) is 0 Å². The highest BCUT2D eigenvalue weighted by Gasteiger charge is 2.26. The summed E-state index contributed by atoms with van der Waals surface area (Å²) in [7, 11) is 0. The van der Waals surface area contributed by atoms with Crippen LogP contribution < -0.4 is 11.1 Å². The van der Waals surface area contributed by atoms with Crippen LogP contribution in [0.5, 0.6) is 0 Å². The van der Waals surface area contributed by atoms with E-state index in [4.69, 9.17) is 5.73 Å². The highest BCUT2D eigenvalue weighted by atomic mass is 16.2. The van der Waals surface area contributed by atoms with Gasteiger partial charge in [0.05, 0.1) is 22.6 Å². The van der Waals surface area contributed by atoms with E-state index in [0.717, 1.165) is 5.69 Å². The van der Waals surface area contributed by atoms with Gasteiger partial charge < -0.3 is 11.1 Å². The van der Waals surface area contributed by atoms with Crippen molar-refractivity contribution in [3.63, 3.8) is 0 Å². The molecular formula is C16H23N5O2. The molecule has 0 bridgehead atoms. The van der Waals surface area contributed by atoms with Crippen molar-refractivity contribution in [2.45, 2.75) is 40.7 Å². The van der Waals surface area contributed by atoms with Gasteiger partial charge in [0.2, 0.25) is 5.91 Å². The van der Waals surface area contributed by atoms with E-state index in [1.54, 1.807) is 30.8 Å². The highest BCUT2D eigenvalue weighted by Crippen LogP contribution is 2.21. The summed E-state index contributed by atoms with van der Waals surface area (Å²) in [5, 5.41) is 7.78. The summed E-state index contributed by atoms with van der Waals surface area (Å²) in [6.07, 6.45) is 1.65. The fraction of sp³-hybridized carbons (Fsp3) is 0.500. The summed E-state index contributed by atoms with van der Waals surface area (Å²) in [6, 6.07) is 1.87. The van der Waals surface area contributed by atoms with Gasteiger partial charge in [-0.1, -0.05) is 0 Å². The Morgan fingerprint density at radius 2 is 2.04 bits per heavy atom. The molecule has 23 heavy (non-hydrogen) atoms. The molecule has 2 aromatic heterocycles. The molecule has 2 heterocycles. The van der Waals surface area contributed by atoms with Gasteiger partial charge >= 0.3 is 0 Å². The van der Waals surface area contributed by atoms with E-state index in [-0.39, 0.29) is 18.5 Å². The van der Waals surface area contributed by atoms with Crippen molar-refractivity contribution in [2.75, 3.05) is 6.54 Å². The van der Waals surface area contributed by atoms with Gasteiger partial charge in [0.1, 0.15) is 0 Å². The van der Waals surface area contributed by atoms with Gasteiger partial charge in [-0.3, -0.25) is 9.59 Å². The minimum atomic E-state index is -0.807. The van der Waals surface area contributed by atoms with Gasteiger partial charge in [-0.05, 0) is 40.7 Å². The summed E-state index contributed by atoms with van der Waals surface area (Å²) < 4.78 is 1.78. The number of rotatable bonds is 5. The lowest BCUT2D eigenvalue weighted by molar-refractivity contribution is -0.125. The number of carbonyl (C=O) groups is 2. The Morgan fingerprint density at radius 3 is 2.61 bits per heavy atom. The molecule has 0 saturated heterocycles. The second kappa shape index (κ2) is 5.98. The third-order valence-electron chi connectivity index (χ3n) is 3.79. The first kappa shape index (κ1) is 16.9. The van der Waals surface area contributed by atoms with Crippen molar-refractivity contribution in [3.8, 4) is 0 Å². The van der Waals surface area contributed by atoms with Gasteiger partial charge in [0.25, 0.3) is 5.91 Å². The van der Waals surface area contributed by atoms with Crippen LogP contribution in [-0.4, -0.2) is 33.1 Å². The van der Waals surface area contributed by atoms with Gasteiger partial charge in [0, 0.05) is 18.3 Å². The van der Waals surface area contributed by atoms with Crippen LogP contribution in [0.1, 0.15) is 49.8 Å². The fourth-order valence-electron chi connectivity index (χ4n) is 2.19. The predicted octanol–water partition coefficient (Wildman–Crippen LogP) is 1.56. The Hall–Kier alpha value is -2.44. The molecule has 7 nitrogen and oxygen atoms in total. The summed E-state index contributed by atoms with van der Waals surface area (Å²) >= 11 is 0. The van der Waals surface area contributed by atoms with E-state index in [2.05, 4.69) is 15.4 Å². The maximum atomic E-state index is 12.5. The topological polar surface area (TPSA) is 103 Å². The van der Waals surface area contributed by atoms with Crippen LogP contribution >= 0.6 is 0 Å². The molecule has 0 atom stereocenters. The number of aromatic nitrogens is 3. The Labute approximate surface area is 135 Å². The van der Waals surface area contributed by atoms with E-state index in [9.17, 15) is 9.59 Å². The number of hydrogen-bond acceptors (Lipinski definition) is 4. The maximum Gasteiger partial charge on any atom is 0.252 e. The van der Waals surface area contributed by atoms with Crippen LogP contribution in [-0.2, 0) is 4.79 Å². The molecule has 0 saturated carbocycles. The molecule has 0 radical (unpaired) electrons. The molecule has 2 amide bonds. The number of nitrogens with zero attached hydrogens (tertiary/aromatic N) is 3. The van der Waals surface area contributed by atoms with E-state index in [1.807, 2.05) is 20.8 Å². The number of carbonyl (C=O) groups excluding carboxylic acids is 2. The number of pyridine rings is 1. The van der Waals surface area contributed by atoms with Crippen molar-refractivity contribution in [1.29, 1.82) is 0 Å². The molecule has 2 aromatic rings. The molecular weight excluding hydrogens is 294 g/mol. The third-order valence-corrected chi connectivity index (χ3v) is 3.79. The summed E-state index contributed by atoms with van der Waals surface area (Å²) in [5.41, 5.74) is 6.44. The first-order valence-electron chi connectivity index (χ1n) is 7.56. The first-order valence-corrected chi connectivity index (χ1v) is 7.56. The monoisotopic (exact) mass is 317 g/mol. The third kappa shape index (κ3) is 3.33. The molecule has 0 aromatic carbocycles. The van der Waals surface area contributed by atoms with Crippen molar-refractivity contribution in [2.24, 2.45) is 11.1 Å². The molecule has 0 aliphatic carbocycles. The number of nitrogens with one attached hydrogen (secondary N) is 1. The van der Waals surface area contributed by atoms with Crippen LogP contribution in [0.2, 0.25) is 0 Å². The van der Waals surface area contributed by atoms with Crippen molar-refractivity contribution in [3.05, 3.63) is 23.5 Å². The average Bonchev–Trinajstić information content (AvgIpc) is 2.87. The SMILES string of the molecule is Cc1cc(C(=O)NCC(C)(C)C(N)=O)c2cnn(C(C)C)c2n1. The molecule has 0 spiro atoms. The fourth-order valence-corrected chi connectivity index (χ4v) is 2.19. The molecule has 3 N–H and O–H groups in total. The number of hydrogen-bond donors (Lipinski definition) is 2. The zero-order chi connectivity index (χ0) is 17.4. The summed E-state index contributed by atoms with van der Waals surface area (Å²) in [4.78, 5) is 28.4. The minimum Gasteiger partial charge on any atom is -0.369 e. The van der Waals surface area contributed by atoms with Gasteiger partial charge in [-0.25, -0.2) is 9.67 Å². The van der Waals surface area contributed by atoms with E-state index in [1.165, 1.54) is 0 Å². The van der Waals surface area contributed by atoms with Crippen molar-refractivity contribution < 1.29 is 9.59 Å². The lowest BCUT2D eigenvalue weighted by atomic mass is 9.92. The standard InChI is InChI=1S/C16H23N5O2/c1-9(2)21-13-12(7-19-21)11(6-10(3)20-13)14(22)18-8-16(4,5)15(17)23/h6-7,9H,8H2,1-5H3,(H2,17,23)(H,18,22). The van der Waals surface area contributed by atoms with Crippen LogP contribution in [0, 0.1) is 12.3 Å². The number of primary amides is 1. The Bertz CT molecular complexity index is 761. The zero-order valence-corrected chi connectivity index (χ0v) is 14.2. The zero-order valence-electron chi connectivity index (χ0n) is 14.2. The average molecular weight is 317 g/mol. The van der Waals surface area contributed by atoms with Crippen LogP contribution in [0.25, 0.3) is 11.0 Å². The first-order chi connectivity index (χ1) is 10.6. The predicted molar refractivity (Wildman–Crippen MR) is 88.0 cm³/mol. The highest BCUT2D eigenvalue weighted by molar-refractivity contribution is 6.05. The Morgan fingerprint density at radius 1 is 1.39 bits per heavy atom. The number of nitrogens with two attached hydrogens (primary N) is 1. The quantitative estimate of drug-likeness (QED) is 0.873. The van der Waals surface area contributed by atoms with Gasteiger partial charge in [0.15, 0.2) is 5.65 Å². The summed E-state index contributed by atoms with van der Waals surface area (Å²) in [5.74, 6) is -0.723. The Balaban J connectivity index is 2.36. The number of aryl methyl sites for hydroxylation is 1. The molecule has 0 fully saturated rings. The molecule has 0 aliphatic heterocycles. The van der Waals surface area contributed by atoms with Gasteiger partial charge in [-0.2, -0.15) is 5.10 Å². The lowest BCUT2D eigenvalue weighted by Gasteiger charge is -2.20. The second-order valence-corrected chi connectivity index (χ2v) is 6.66. The number of fused-ring (bicyclic) bond motifs is 1. The summed E-state index contributed by atoms with van der Waals surface area (Å²) in [6.45, 7) is 9.40. The molecule has 0 aliphatic rings. The van der Waals surface area contributed by atoms with E-state index < -0.39 is 11.3 Å². The lowest BCUT2D eigenvalue weighted by Crippen LogP contribution is -2.42. The van der Waals surface area contributed by atoms with Gasteiger partial charge in [-0.15, -0.1) is 0 Å². The molecule has 7 heteroatoms. The smallest absolute Gasteiger partial charge is 0.252 e. The van der Waals surface area contributed by atoms with Crippen molar-refractivity contribution >= 4 is 22.8 Å². The van der Waals surface area contributed by atoms with E-state index >= 15 is 0 Å². The maximum absolute atomic E-state index is 12.5. The minimum absolute atomic E-state index is 0.145. The van der Waals surface area contributed by atoms with Crippen LogP contribution in [0.15, 0.2) is 12.3 Å². The Kier molecular flexibility index (Phi) is 4.40. The molecule has 2 rings (SSSR count). The van der Waals surface area contributed by atoms with Crippen LogP contribution in [0.4, 0.5) is 0 Å². The number of amides is 2. The second-order valence-electron chi connectivity index (χ2n) is 6.66. The molecule has 0 unspecified atom stereocenters. The normalized spacial score (nSPS) is 11.9. The van der Waals surface area contributed by atoms with Crippen molar-refractivity contribution in [1.82, 2.24) is 20.1 Å².